The smallest absolute Gasteiger partial charge is 0.332 e. The summed E-state index contributed by atoms with van der Waals surface area (Å²) < 4.78 is 22.5. The Balaban J connectivity index is 1.33. The standard InChI is InChI=1S/C38H44N4O8/c1-4-49-36(45)38-22-25(38)15-11-6-5-7-12-16-29(35(44)48-3)40-37(46)42-23-27(20-32(42)34(43)41-38)50-33-21-30(24-13-9-8-10-14-24)39-31-19-26(47-2)17-18-28(31)33/h8-11,13-15,17-19,21,25,27,29,32H,4-7,12,16,20,22-23H2,1-3H3,(H,40,46)(H,41,43)/b15-11+. The molecule has 2 aromatic carbocycles. The molecule has 0 spiro atoms. The first-order valence-corrected chi connectivity index (χ1v) is 17.3. The van der Waals surface area contributed by atoms with E-state index in [-0.39, 0.29) is 25.5 Å². The lowest BCUT2D eigenvalue weighted by Gasteiger charge is -2.28. The minimum Gasteiger partial charge on any atom is -0.497 e. The van der Waals surface area contributed by atoms with Crippen LogP contribution in [0.15, 0.2) is 66.7 Å². The van der Waals surface area contributed by atoms with Crippen LogP contribution in [-0.4, -0.2) is 84.9 Å². The van der Waals surface area contributed by atoms with E-state index < -0.39 is 47.6 Å². The number of aromatic nitrogens is 1. The zero-order chi connectivity index (χ0) is 35.3. The summed E-state index contributed by atoms with van der Waals surface area (Å²) in [5.74, 6) is -0.587. The van der Waals surface area contributed by atoms with Gasteiger partial charge in [0.25, 0.3) is 0 Å². The van der Waals surface area contributed by atoms with Crippen LogP contribution in [0.3, 0.4) is 0 Å². The van der Waals surface area contributed by atoms with Crippen LogP contribution in [0.5, 0.6) is 11.5 Å². The van der Waals surface area contributed by atoms with Gasteiger partial charge in [0.15, 0.2) is 0 Å². The zero-order valence-corrected chi connectivity index (χ0v) is 28.7. The Bertz CT molecular complexity index is 1760. The third kappa shape index (κ3) is 7.39. The molecule has 3 aliphatic rings. The first-order chi connectivity index (χ1) is 24.3. The average molecular weight is 685 g/mol. The molecule has 3 heterocycles. The van der Waals surface area contributed by atoms with Crippen LogP contribution in [0.25, 0.3) is 22.2 Å². The number of hydrogen-bond donors (Lipinski definition) is 2. The van der Waals surface area contributed by atoms with E-state index in [9.17, 15) is 19.2 Å². The zero-order valence-electron chi connectivity index (χ0n) is 28.7. The van der Waals surface area contributed by atoms with Crippen molar-refractivity contribution in [2.45, 2.75) is 75.6 Å². The minimum atomic E-state index is -1.21. The second kappa shape index (κ2) is 15.2. The average Bonchev–Trinajstić information content (AvgIpc) is 3.66. The van der Waals surface area contributed by atoms with Crippen molar-refractivity contribution in [1.29, 1.82) is 0 Å². The molecular weight excluding hydrogens is 640 g/mol. The number of benzene rings is 2. The molecule has 1 saturated carbocycles. The van der Waals surface area contributed by atoms with Gasteiger partial charge in [-0.25, -0.2) is 19.4 Å². The predicted molar refractivity (Wildman–Crippen MR) is 185 cm³/mol. The molecule has 12 heteroatoms. The van der Waals surface area contributed by atoms with Gasteiger partial charge in [0.05, 0.1) is 38.6 Å². The molecule has 5 unspecified atom stereocenters. The van der Waals surface area contributed by atoms with Crippen LogP contribution >= 0.6 is 0 Å². The van der Waals surface area contributed by atoms with Crippen molar-refractivity contribution < 1.29 is 38.1 Å². The number of nitrogens with zero attached hydrogens (tertiary/aromatic N) is 2. The Morgan fingerprint density at radius 2 is 1.86 bits per heavy atom. The van der Waals surface area contributed by atoms with Crippen LogP contribution < -0.4 is 20.1 Å². The van der Waals surface area contributed by atoms with Gasteiger partial charge in [0.1, 0.15) is 35.2 Å². The van der Waals surface area contributed by atoms with E-state index in [0.29, 0.717) is 42.0 Å². The van der Waals surface area contributed by atoms with Gasteiger partial charge in [0.2, 0.25) is 5.91 Å². The normalized spacial score (nSPS) is 26.1. The monoisotopic (exact) mass is 684 g/mol. The number of ether oxygens (including phenoxy) is 4. The number of carbonyl (C=O) groups excluding carboxylic acids is 4. The molecule has 6 rings (SSSR count). The number of rotatable bonds is 7. The number of methoxy groups -OCH3 is 2. The lowest BCUT2D eigenvalue weighted by Crippen LogP contribution is -2.56. The number of esters is 2. The third-order valence-electron chi connectivity index (χ3n) is 9.68. The minimum absolute atomic E-state index is 0.0498. The fourth-order valence-electron chi connectivity index (χ4n) is 6.88. The Hall–Kier alpha value is -5.13. The molecule has 50 heavy (non-hydrogen) atoms. The van der Waals surface area contributed by atoms with Crippen LogP contribution in [0.4, 0.5) is 4.79 Å². The molecule has 5 atom stereocenters. The predicted octanol–water partition coefficient (Wildman–Crippen LogP) is 4.94. The summed E-state index contributed by atoms with van der Waals surface area (Å²) in [6.07, 6.45) is 7.55. The lowest BCUT2D eigenvalue weighted by atomic mass is 10.1. The molecule has 2 fully saturated rings. The maximum Gasteiger partial charge on any atom is 0.332 e. The van der Waals surface area contributed by atoms with Gasteiger partial charge in [0, 0.05) is 35.4 Å². The lowest BCUT2D eigenvalue weighted by molar-refractivity contribution is -0.149. The second-order valence-corrected chi connectivity index (χ2v) is 13.0. The highest BCUT2D eigenvalue weighted by atomic mass is 16.5. The summed E-state index contributed by atoms with van der Waals surface area (Å²) >= 11 is 0. The van der Waals surface area contributed by atoms with Gasteiger partial charge in [-0.05, 0) is 44.7 Å². The number of urea groups is 1. The molecule has 3 amide bonds. The summed E-state index contributed by atoms with van der Waals surface area (Å²) in [6.45, 7) is 1.95. The number of amides is 3. The number of hydrogen-bond acceptors (Lipinski definition) is 9. The molecule has 2 N–H and O–H groups in total. The van der Waals surface area contributed by atoms with Gasteiger partial charge >= 0.3 is 18.0 Å². The van der Waals surface area contributed by atoms with Crippen molar-refractivity contribution in [3.63, 3.8) is 0 Å². The van der Waals surface area contributed by atoms with Gasteiger partial charge < -0.3 is 34.5 Å². The summed E-state index contributed by atoms with van der Waals surface area (Å²) in [5.41, 5.74) is 1.03. The van der Waals surface area contributed by atoms with E-state index in [2.05, 4.69) is 10.6 Å². The first-order valence-electron chi connectivity index (χ1n) is 17.3. The van der Waals surface area contributed by atoms with Gasteiger partial charge in [-0.2, -0.15) is 0 Å². The van der Waals surface area contributed by atoms with Crippen molar-refractivity contribution in [2.24, 2.45) is 5.92 Å². The van der Waals surface area contributed by atoms with E-state index in [0.717, 1.165) is 30.2 Å². The molecule has 3 aromatic rings. The Morgan fingerprint density at radius 3 is 2.62 bits per heavy atom. The van der Waals surface area contributed by atoms with Crippen molar-refractivity contribution in [3.8, 4) is 22.8 Å². The highest BCUT2D eigenvalue weighted by Crippen LogP contribution is 2.46. The molecule has 264 valence electrons. The highest BCUT2D eigenvalue weighted by molar-refractivity contribution is 5.96. The topological polar surface area (TPSA) is 145 Å². The fraction of sp³-hybridized carbons (Fsp3) is 0.447. The Kier molecular flexibility index (Phi) is 10.5. The summed E-state index contributed by atoms with van der Waals surface area (Å²) in [4.78, 5) is 60.3. The molecule has 1 saturated heterocycles. The van der Waals surface area contributed by atoms with Crippen LogP contribution in [-0.2, 0) is 23.9 Å². The molecule has 12 nitrogen and oxygen atoms in total. The SMILES string of the molecule is CCOC(=O)C12CC1/C=C/CCCCCC(C(=O)OC)NC(=O)N1CC(Oc3cc(-c4ccccc4)nc4cc(OC)ccc34)CC1C(=O)N2. The van der Waals surface area contributed by atoms with Crippen molar-refractivity contribution in [2.75, 3.05) is 27.4 Å². The van der Waals surface area contributed by atoms with Crippen LogP contribution in [0.1, 0.15) is 51.9 Å². The fourth-order valence-corrected chi connectivity index (χ4v) is 6.88. The first kappa shape index (κ1) is 34.7. The van der Waals surface area contributed by atoms with E-state index in [4.69, 9.17) is 23.9 Å². The second-order valence-electron chi connectivity index (χ2n) is 13.0. The van der Waals surface area contributed by atoms with Gasteiger partial charge in [-0.1, -0.05) is 55.3 Å². The van der Waals surface area contributed by atoms with Crippen molar-refractivity contribution in [3.05, 3.63) is 66.7 Å². The molecule has 0 radical (unpaired) electrons. The number of allylic oxidation sites excluding steroid dienone is 1. The maximum absolute atomic E-state index is 14.1. The Labute approximate surface area is 291 Å². The molecule has 1 aliphatic carbocycles. The van der Waals surface area contributed by atoms with Crippen LogP contribution in [0, 0.1) is 5.92 Å². The van der Waals surface area contributed by atoms with E-state index in [1.807, 2.05) is 66.7 Å². The van der Waals surface area contributed by atoms with Crippen LogP contribution in [0.2, 0.25) is 0 Å². The number of fused-ring (bicyclic) bond motifs is 3. The maximum atomic E-state index is 14.1. The van der Waals surface area contributed by atoms with Crippen molar-refractivity contribution in [1.82, 2.24) is 20.5 Å². The van der Waals surface area contributed by atoms with E-state index >= 15 is 0 Å². The molecule has 2 aliphatic heterocycles. The van der Waals surface area contributed by atoms with Gasteiger partial charge in [-0.3, -0.25) is 4.79 Å². The van der Waals surface area contributed by atoms with Gasteiger partial charge in [-0.15, -0.1) is 0 Å². The number of pyridine rings is 1. The molecule has 0 bridgehead atoms. The molecule has 1 aromatic heterocycles. The summed E-state index contributed by atoms with van der Waals surface area (Å²) in [5, 5.41) is 6.53. The Morgan fingerprint density at radius 1 is 1.04 bits per heavy atom. The third-order valence-corrected chi connectivity index (χ3v) is 9.68. The summed E-state index contributed by atoms with van der Waals surface area (Å²) in [7, 11) is 2.88. The molecular formula is C38H44N4O8. The van der Waals surface area contributed by atoms with E-state index in [1.165, 1.54) is 12.0 Å². The highest BCUT2D eigenvalue weighted by Gasteiger charge is 2.62. The van der Waals surface area contributed by atoms with Crippen molar-refractivity contribution >= 4 is 34.8 Å². The summed E-state index contributed by atoms with van der Waals surface area (Å²) in [6, 6.07) is 14.6. The number of carbonyl (C=O) groups is 4. The quantitative estimate of drug-likeness (QED) is 0.261. The number of nitrogens with one attached hydrogen (secondary N) is 2. The largest absolute Gasteiger partial charge is 0.497 e. The van der Waals surface area contributed by atoms with E-state index in [1.54, 1.807) is 14.0 Å².